The lowest BCUT2D eigenvalue weighted by molar-refractivity contribution is 0.0203. The van der Waals surface area contributed by atoms with E-state index in [1.165, 1.54) is 5.56 Å². The Hall–Kier alpha value is -0.900. The van der Waals surface area contributed by atoms with Crippen LogP contribution in [0.2, 0.25) is 0 Å². The number of halogens is 1. The van der Waals surface area contributed by atoms with E-state index < -0.39 is 0 Å². The second kappa shape index (κ2) is 15.0. The Morgan fingerprint density at radius 1 is 1.13 bits per heavy atom. The van der Waals surface area contributed by atoms with Crippen molar-refractivity contribution >= 4 is 29.9 Å². The molecule has 3 rings (SSSR count). The fourth-order valence-electron chi connectivity index (χ4n) is 4.01. The Labute approximate surface area is 199 Å². The number of aliphatic imine (C=N–C) groups is 1. The van der Waals surface area contributed by atoms with E-state index in [1.807, 2.05) is 7.05 Å². The Morgan fingerprint density at radius 2 is 1.87 bits per heavy atom. The summed E-state index contributed by atoms with van der Waals surface area (Å²) in [6.07, 6.45) is 5.58. The fraction of sp³-hybridized carbons (Fsp3) is 0.696. The van der Waals surface area contributed by atoms with Crippen molar-refractivity contribution in [1.82, 2.24) is 15.5 Å². The van der Waals surface area contributed by atoms with Crippen molar-refractivity contribution in [3.8, 4) is 0 Å². The molecule has 170 valence electrons. The molecule has 0 saturated carbocycles. The highest BCUT2D eigenvalue weighted by Gasteiger charge is 2.20. The third kappa shape index (κ3) is 9.49. The number of ether oxygens (including phenoxy) is 2. The maximum absolute atomic E-state index is 5.84. The van der Waals surface area contributed by atoms with Gasteiger partial charge in [-0.1, -0.05) is 30.3 Å². The minimum atomic E-state index is 0. The van der Waals surface area contributed by atoms with E-state index in [0.717, 1.165) is 90.7 Å². The summed E-state index contributed by atoms with van der Waals surface area (Å²) < 4.78 is 11.2. The molecular weight excluding hydrogens is 491 g/mol. The minimum absolute atomic E-state index is 0. The molecule has 2 aliphatic rings. The Morgan fingerprint density at radius 3 is 2.57 bits per heavy atom. The largest absolute Gasteiger partial charge is 0.381 e. The minimum Gasteiger partial charge on any atom is -0.381 e. The zero-order chi connectivity index (χ0) is 20.2. The van der Waals surface area contributed by atoms with E-state index >= 15 is 0 Å². The summed E-state index contributed by atoms with van der Waals surface area (Å²) in [6.45, 7) is 7.66. The van der Waals surface area contributed by atoms with Crippen molar-refractivity contribution < 1.29 is 9.47 Å². The molecule has 0 spiro atoms. The molecule has 7 heteroatoms. The van der Waals surface area contributed by atoms with Crippen LogP contribution < -0.4 is 10.6 Å². The zero-order valence-corrected chi connectivity index (χ0v) is 20.7. The third-order valence-electron chi connectivity index (χ3n) is 5.85. The smallest absolute Gasteiger partial charge is 0.191 e. The van der Waals surface area contributed by atoms with E-state index in [4.69, 9.17) is 9.47 Å². The van der Waals surface area contributed by atoms with Gasteiger partial charge in [0.25, 0.3) is 0 Å². The zero-order valence-electron chi connectivity index (χ0n) is 18.4. The standard InChI is InChI=1S/C23H38N4O2.HI/c1-24-23(25-12-5-15-29-19-21-10-16-28-17-11-21)26-22-8-13-27(14-9-22)18-20-6-3-2-4-7-20;/h2-4,6-7,21-22H,5,8-19H2,1H3,(H2,24,25,26);1H. The second-order valence-corrected chi connectivity index (χ2v) is 8.16. The van der Waals surface area contributed by atoms with Gasteiger partial charge in [0.2, 0.25) is 0 Å². The number of guanidine groups is 1. The van der Waals surface area contributed by atoms with Crippen LogP contribution in [0, 0.1) is 5.92 Å². The monoisotopic (exact) mass is 530 g/mol. The molecule has 2 fully saturated rings. The molecule has 1 aromatic carbocycles. The molecule has 0 radical (unpaired) electrons. The number of hydrogen-bond donors (Lipinski definition) is 2. The van der Waals surface area contributed by atoms with Crippen LogP contribution in [0.5, 0.6) is 0 Å². The Kier molecular flexibility index (Phi) is 12.7. The van der Waals surface area contributed by atoms with Crippen LogP contribution in [0.4, 0.5) is 0 Å². The highest BCUT2D eigenvalue weighted by molar-refractivity contribution is 14.0. The van der Waals surface area contributed by atoms with Crippen molar-refractivity contribution in [1.29, 1.82) is 0 Å². The molecular formula is C23H39IN4O2. The van der Waals surface area contributed by atoms with Gasteiger partial charge in [-0.2, -0.15) is 0 Å². The third-order valence-corrected chi connectivity index (χ3v) is 5.85. The maximum atomic E-state index is 5.84. The van der Waals surface area contributed by atoms with Crippen LogP contribution in [0.15, 0.2) is 35.3 Å². The molecule has 0 aromatic heterocycles. The number of hydrogen-bond acceptors (Lipinski definition) is 4. The second-order valence-electron chi connectivity index (χ2n) is 8.16. The van der Waals surface area contributed by atoms with Gasteiger partial charge in [0.1, 0.15) is 0 Å². The first-order chi connectivity index (χ1) is 14.3. The molecule has 0 bridgehead atoms. The molecule has 2 saturated heterocycles. The van der Waals surface area contributed by atoms with Gasteiger partial charge in [-0.05, 0) is 43.6 Å². The number of nitrogens with zero attached hydrogens (tertiary/aromatic N) is 2. The highest BCUT2D eigenvalue weighted by Crippen LogP contribution is 2.15. The van der Waals surface area contributed by atoms with Crippen molar-refractivity contribution in [2.75, 3.05) is 53.1 Å². The topological polar surface area (TPSA) is 58.1 Å². The molecule has 2 heterocycles. The average Bonchev–Trinajstić information content (AvgIpc) is 2.78. The van der Waals surface area contributed by atoms with Crippen LogP contribution in [0.25, 0.3) is 0 Å². The molecule has 2 aliphatic heterocycles. The van der Waals surface area contributed by atoms with Gasteiger partial charge >= 0.3 is 0 Å². The summed E-state index contributed by atoms with van der Waals surface area (Å²) >= 11 is 0. The van der Waals surface area contributed by atoms with Gasteiger partial charge in [-0.15, -0.1) is 24.0 Å². The normalized spacial score (nSPS) is 19.3. The molecule has 30 heavy (non-hydrogen) atoms. The first kappa shape index (κ1) is 25.4. The Balaban J connectivity index is 0.00000320. The average molecular weight is 530 g/mol. The van der Waals surface area contributed by atoms with Crippen molar-refractivity contribution in [3.05, 3.63) is 35.9 Å². The number of nitrogens with one attached hydrogen (secondary N) is 2. The van der Waals surface area contributed by atoms with Gasteiger partial charge in [0, 0.05) is 65.7 Å². The Bertz CT molecular complexity index is 588. The van der Waals surface area contributed by atoms with Crippen LogP contribution in [0.3, 0.4) is 0 Å². The van der Waals surface area contributed by atoms with Gasteiger partial charge in [-0.3, -0.25) is 9.89 Å². The number of piperidine rings is 1. The summed E-state index contributed by atoms with van der Waals surface area (Å²) in [6, 6.07) is 11.2. The van der Waals surface area contributed by atoms with E-state index in [2.05, 4.69) is 50.9 Å². The van der Waals surface area contributed by atoms with E-state index in [0.29, 0.717) is 12.0 Å². The first-order valence-electron chi connectivity index (χ1n) is 11.2. The van der Waals surface area contributed by atoms with Gasteiger partial charge < -0.3 is 20.1 Å². The number of rotatable bonds is 9. The highest BCUT2D eigenvalue weighted by atomic mass is 127. The lowest BCUT2D eigenvalue weighted by atomic mass is 10.0. The van der Waals surface area contributed by atoms with Crippen LogP contribution >= 0.6 is 24.0 Å². The molecule has 2 N–H and O–H groups in total. The summed E-state index contributed by atoms with van der Waals surface area (Å²) in [5, 5.41) is 7.02. The summed E-state index contributed by atoms with van der Waals surface area (Å²) in [4.78, 5) is 6.93. The van der Waals surface area contributed by atoms with Crippen LogP contribution in [-0.4, -0.2) is 70.0 Å². The van der Waals surface area contributed by atoms with Crippen LogP contribution in [0.1, 0.15) is 37.7 Å². The summed E-state index contributed by atoms with van der Waals surface area (Å²) in [5.74, 6) is 1.59. The molecule has 6 nitrogen and oxygen atoms in total. The van der Waals surface area contributed by atoms with Crippen molar-refractivity contribution in [2.24, 2.45) is 10.9 Å². The maximum Gasteiger partial charge on any atom is 0.191 e. The first-order valence-corrected chi connectivity index (χ1v) is 11.2. The number of benzene rings is 1. The van der Waals surface area contributed by atoms with Crippen molar-refractivity contribution in [3.63, 3.8) is 0 Å². The summed E-state index contributed by atoms with van der Waals surface area (Å²) in [5.41, 5.74) is 1.40. The lowest BCUT2D eigenvalue weighted by Crippen LogP contribution is -2.48. The van der Waals surface area contributed by atoms with E-state index in [1.54, 1.807) is 0 Å². The van der Waals surface area contributed by atoms with Gasteiger partial charge in [0.15, 0.2) is 5.96 Å². The van der Waals surface area contributed by atoms with Crippen molar-refractivity contribution in [2.45, 2.75) is 44.7 Å². The molecule has 0 atom stereocenters. The quantitative estimate of drug-likeness (QED) is 0.222. The fourth-order valence-corrected chi connectivity index (χ4v) is 4.01. The summed E-state index contributed by atoms with van der Waals surface area (Å²) in [7, 11) is 1.85. The molecule has 0 unspecified atom stereocenters. The molecule has 1 aromatic rings. The van der Waals surface area contributed by atoms with Gasteiger partial charge in [-0.25, -0.2) is 0 Å². The predicted octanol–water partition coefficient (Wildman–Crippen LogP) is 3.27. The lowest BCUT2D eigenvalue weighted by Gasteiger charge is -2.33. The number of likely N-dealkylation sites (tertiary alicyclic amines) is 1. The van der Waals surface area contributed by atoms with E-state index in [-0.39, 0.29) is 24.0 Å². The van der Waals surface area contributed by atoms with Crippen LogP contribution in [-0.2, 0) is 16.0 Å². The van der Waals surface area contributed by atoms with Gasteiger partial charge in [0.05, 0.1) is 0 Å². The SMILES string of the molecule is CN=C(NCCCOCC1CCOCC1)NC1CCN(Cc2ccccc2)CC1.I. The molecule has 0 amide bonds. The van der Waals surface area contributed by atoms with E-state index in [9.17, 15) is 0 Å². The molecule has 0 aliphatic carbocycles. The predicted molar refractivity (Wildman–Crippen MR) is 134 cm³/mol.